The zero-order valence-electron chi connectivity index (χ0n) is 19.9. The van der Waals surface area contributed by atoms with Crippen LogP contribution in [0.4, 0.5) is 23.7 Å². The Morgan fingerprint density at radius 3 is 2.38 bits per heavy atom. The second-order valence-corrected chi connectivity index (χ2v) is 9.51. The minimum atomic E-state index is -4.67. The van der Waals surface area contributed by atoms with Gasteiger partial charge in [0.05, 0.1) is 42.2 Å². The first kappa shape index (κ1) is 28.5. The summed E-state index contributed by atoms with van der Waals surface area (Å²) < 4.78 is 50.3. The minimum absolute atomic E-state index is 0.0497. The Labute approximate surface area is 224 Å². The third-order valence-electron chi connectivity index (χ3n) is 5.55. The van der Waals surface area contributed by atoms with E-state index in [-0.39, 0.29) is 30.1 Å². The highest BCUT2D eigenvalue weighted by Gasteiger charge is 2.48. The van der Waals surface area contributed by atoms with Crippen LogP contribution in [0.2, 0.25) is 5.02 Å². The average Bonchev–Trinajstić information content (AvgIpc) is 3.16. The first-order valence-electron chi connectivity index (χ1n) is 10.9. The Bertz CT molecular complexity index is 1240. The lowest BCUT2D eigenvalue weighted by molar-refractivity contribution is -0.150. The number of ether oxygens (including phenoxy) is 2. The van der Waals surface area contributed by atoms with Crippen LogP contribution in [0.15, 0.2) is 52.0 Å². The lowest BCUT2D eigenvalue weighted by atomic mass is 9.82. The molecule has 37 heavy (non-hydrogen) atoms. The van der Waals surface area contributed by atoms with Crippen LogP contribution in [0.3, 0.4) is 0 Å². The van der Waals surface area contributed by atoms with Gasteiger partial charge in [-0.2, -0.15) is 18.3 Å². The van der Waals surface area contributed by atoms with Crippen molar-refractivity contribution in [2.24, 2.45) is 10.5 Å². The Morgan fingerprint density at radius 2 is 1.84 bits per heavy atom. The van der Waals surface area contributed by atoms with E-state index in [2.05, 4.69) is 21.0 Å². The Hall–Kier alpha value is -3.12. The van der Waals surface area contributed by atoms with Gasteiger partial charge in [0.2, 0.25) is 0 Å². The number of carbonyl (C=O) groups is 3. The number of amides is 2. The molecule has 13 heteroatoms. The number of hydrogen-bond acceptors (Lipinski definition) is 7. The number of nitrogens with zero attached hydrogens (tertiary/aromatic N) is 3. The molecule has 198 valence electrons. The molecule has 1 unspecified atom stereocenters. The van der Waals surface area contributed by atoms with Crippen molar-refractivity contribution < 1.29 is 37.0 Å². The van der Waals surface area contributed by atoms with Crippen molar-refractivity contribution in [1.29, 1.82) is 0 Å². The number of hydrazone groups is 1. The number of esters is 1. The van der Waals surface area contributed by atoms with Crippen LogP contribution in [0.25, 0.3) is 0 Å². The van der Waals surface area contributed by atoms with E-state index in [0.717, 1.165) is 34.7 Å². The largest absolute Gasteiger partial charge is 0.465 e. The fourth-order valence-corrected chi connectivity index (χ4v) is 4.35. The molecule has 0 saturated heterocycles. The number of anilines is 1. The molecule has 0 saturated carbocycles. The fourth-order valence-electron chi connectivity index (χ4n) is 3.80. The molecular formula is C24H22BrClF3N3O5. The van der Waals surface area contributed by atoms with E-state index in [1.165, 1.54) is 24.1 Å². The zero-order chi connectivity index (χ0) is 27.5. The highest BCUT2D eigenvalue weighted by Crippen LogP contribution is 2.38. The van der Waals surface area contributed by atoms with Crippen LogP contribution < -0.4 is 4.90 Å². The van der Waals surface area contributed by atoms with Crippen LogP contribution in [-0.2, 0) is 25.2 Å². The van der Waals surface area contributed by atoms with Gasteiger partial charge in [0.1, 0.15) is 12.0 Å². The lowest BCUT2D eigenvalue weighted by Gasteiger charge is -2.25. The lowest BCUT2D eigenvalue weighted by Crippen LogP contribution is -2.45. The summed E-state index contributed by atoms with van der Waals surface area (Å²) in [6.45, 7) is 2.58. The van der Waals surface area contributed by atoms with Crippen LogP contribution in [0.5, 0.6) is 0 Å². The molecule has 0 N–H and O–H groups in total. The molecule has 0 aliphatic carbocycles. The summed E-state index contributed by atoms with van der Waals surface area (Å²) in [5.41, 5.74) is -2.01. The van der Waals surface area contributed by atoms with E-state index < -0.39 is 46.7 Å². The molecule has 8 nitrogen and oxygen atoms in total. The molecule has 1 atom stereocenters. The average molecular weight is 605 g/mol. The molecule has 3 rings (SSSR count). The topological polar surface area (TPSA) is 88.5 Å². The van der Waals surface area contributed by atoms with E-state index in [1.54, 1.807) is 19.1 Å². The molecule has 0 bridgehead atoms. The smallest absolute Gasteiger partial charge is 0.420 e. The molecule has 2 aromatic carbocycles. The van der Waals surface area contributed by atoms with Crippen molar-refractivity contribution in [2.75, 3.05) is 31.7 Å². The zero-order valence-corrected chi connectivity index (χ0v) is 22.3. The van der Waals surface area contributed by atoms with Crippen molar-refractivity contribution in [3.63, 3.8) is 0 Å². The van der Waals surface area contributed by atoms with Gasteiger partial charge in [-0.3, -0.25) is 14.6 Å². The first-order chi connectivity index (χ1) is 17.3. The van der Waals surface area contributed by atoms with E-state index in [0.29, 0.717) is 0 Å². The van der Waals surface area contributed by atoms with Crippen molar-refractivity contribution in [3.05, 3.63) is 63.1 Å². The second-order valence-electron chi connectivity index (χ2n) is 8.19. The Balaban J connectivity index is 1.98. The maximum absolute atomic E-state index is 13.2. The van der Waals surface area contributed by atoms with E-state index in [9.17, 15) is 27.6 Å². The Morgan fingerprint density at radius 1 is 1.19 bits per heavy atom. The number of rotatable bonds is 6. The Kier molecular flexibility index (Phi) is 8.53. The number of imide groups is 1. The minimum Gasteiger partial charge on any atom is -0.465 e. The molecule has 0 fully saturated rings. The summed E-state index contributed by atoms with van der Waals surface area (Å²) in [5.74, 6) is -1.40. The standard InChI is InChI=1S/C24H22BrClF3N3O5/c1-4-37-21(34)23(2)13-31(30-20(23)14-5-10-17(18(26)11-14)24(27,28)29)12-19(33)32(22(35)36-3)16-8-6-15(25)7-9-16/h5-11H,4,12-13H2,1-3H3. The van der Waals surface area contributed by atoms with Gasteiger partial charge in [0.15, 0.2) is 0 Å². The third-order valence-corrected chi connectivity index (χ3v) is 6.39. The molecule has 0 aromatic heterocycles. The van der Waals surface area contributed by atoms with Gasteiger partial charge in [0, 0.05) is 10.0 Å². The summed E-state index contributed by atoms with van der Waals surface area (Å²) in [5, 5.41) is 5.04. The summed E-state index contributed by atoms with van der Waals surface area (Å²) >= 11 is 9.18. The van der Waals surface area contributed by atoms with Gasteiger partial charge in [-0.25, -0.2) is 9.69 Å². The molecule has 2 amide bonds. The van der Waals surface area contributed by atoms with Gasteiger partial charge >= 0.3 is 18.2 Å². The normalized spacial score (nSPS) is 17.3. The van der Waals surface area contributed by atoms with Crippen LogP contribution in [0.1, 0.15) is 25.0 Å². The van der Waals surface area contributed by atoms with Gasteiger partial charge in [-0.1, -0.05) is 33.6 Å². The number of benzene rings is 2. The number of methoxy groups -OCH3 is 1. The SMILES string of the molecule is CCOC(=O)C1(C)CN(CC(=O)N(C(=O)OC)c2ccc(Br)cc2)N=C1c1ccc(C(F)(F)F)c(Cl)c1. The summed E-state index contributed by atoms with van der Waals surface area (Å²) in [6, 6.07) is 9.35. The molecule has 1 aliphatic rings. The number of hydrogen-bond donors (Lipinski definition) is 0. The summed E-state index contributed by atoms with van der Waals surface area (Å²) in [6.07, 6.45) is -5.60. The fraction of sp³-hybridized carbons (Fsp3) is 0.333. The maximum Gasteiger partial charge on any atom is 0.420 e. The van der Waals surface area contributed by atoms with E-state index in [1.807, 2.05) is 0 Å². The molecule has 1 aliphatic heterocycles. The predicted molar refractivity (Wildman–Crippen MR) is 133 cm³/mol. The molecular weight excluding hydrogens is 583 g/mol. The highest BCUT2D eigenvalue weighted by atomic mass is 79.9. The van der Waals surface area contributed by atoms with Gasteiger partial charge in [0.25, 0.3) is 5.91 Å². The number of alkyl halides is 3. The first-order valence-corrected chi connectivity index (χ1v) is 12.0. The summed E-state index contributed by atoms with van der Waals surface area (Å²) in [7, 11) is 1.12. The molecule has 0 spiro atoms. The maximum atomic E-state index is 13.2. The quantitative estimate of drug-likeness (QED) is 0.404. The predicted octanol–water partition coefficient (Wildman–Crippen LogP) is 5.51. The van der Waals surface area contributed by atoms with E-state index >= 15 is 0 Å². The van der Waals surface area contributed by atoms with Crippen molar-refractivity contribution in [3.8, 4) is 0 Å². The third kappa shape index (κ3) is 6.07. The highest BCUT2D eigenvalue weighted by molar-refractivity contribution is 9.10. The molecule has 2 aromatic rings. The van der Waals surface area contributed by atoms with Crippen molar-refractivity contribution in [1.82, 2.24) is 5.01 Å². The van der Waals surface area contributed by atoms with Gasteiger partial charge in [-0.05, 0) is 50.2 Å². The monoisotopic (exact) mass is 603 g/mol. The van der Waals surface area contributed by atoms with Gasteiger partial charge < -0.3 is 9.47 Å². The molecule has 0 radical (unpaired) electrons. The van der Waals surface area contributed by atoms with Crippen LogP contribution in [0, 0.1) is 5.41 Å². The summed E-state index contributed by atoms with van der Waals surface area (Å²) in [4.78, 5) is 39.3. The number of halogens is 5. The van der Waals surface area contributed by atoms with Crippen molar-refractivity contribution in [2.45, 2.75) is 20.0 Å². The van der Waals surface area contributed by atoms with Gasteiger partial charge in [-0.15, -0.1) is 0 Å². The second kappa shape index (κ2) is 11.1. The molecule has 1 heterocycles. The van der Waals surface area contributed by atoms with Crippen LogP contribution >= 0.6 is 27.5 Å². The van der Waals surface area contributed by atoms with Crippen LogP contribution in [-0.4, -0.2) is 55.5 Å². The van der Waals surface area contributed by atoms with Crippen molar-refractivity contribution >= 4 is 56.9 Å². The number of carbonyl (C=O) groups excluding carboxylic acids is 3. The van der Waals surface area contributed by atoms with E-state index in [4.69, 9.17) is 21.1 Å².